The number of ether oxygens (including phenoxy) is 1. The van der Waals surface area contributed by atoms with Crippen molar-refractivity contribution in [2.75, 3.05) is 31.3 Å². The molecule has 0 radical (unpaired) electrons. The number of hydrogen-bond donors (Lipinski definition) is 1. The molecule has 4 nitrogen and oxygen atoms in total. The van der Waals surface area contributed by atoms with Gasteiger partial charge in [0.15, 0.2) is 0 Å². The van der Waals surface area contributed by atoms with Crippen molar-refractivity contribution in [1.82, 2.24) is 5.32 Å². The molecule has 1 saturated heterocycles. The van der Waals surface area contributed by atoms with Gasteiger partial charge in [0, 0.05) is 18.4 Å². The molecular weight excluding hydrogens is 262 g/mol. The van der Waals surface area contributed by atoms with Gasteiger partial charge in [-0.2, -0.15) is 0 Å². The van der Waals surface area contributed by atoms with Gasteiger partial charge in [-0.25, -0.2) is 8.42 Å². The van der Waals surface area contributed by atoms with E-state index in [1.165, 1.54) is 6.42 Å². The summed E-state index contributed by atoms with van der Waals surface area (Å²) in [4.78, 5) is 0. The summed E-state index contributed by atoms with van der Waals surface area (Å²) in [5.74, 6) is 1.12. The maximum Gasteiger partial charge on any atom is 0.150 e. The lowest BCUT2D eigenvalue weighted by Crippen LogP contribution is -2.40. The van der Waals surface area contributed by atoms with Crippen LogP contribution in [0.5, 0.6) is 0 Å². The Balaban J connectivity index is 2.40. The summed E-state index contributed by atoms with van der Waals surface area (Å²) in [5, 5.41) is 3.57. The van der Waals surface area contributed by atoms with E-state index in [4.69, 9.17) is 4.74 Å². The van der Waals surface area contributed by atoms with Crippen LogP contribution >= 0.6 is 0 Å². The number of nitrogens with one attached hydrogen (secondary N) is 1. The topological polar surface area (TPSA) is 55.4 Å². The van der Waals surface area contributed by atoms with Gasteiger partial charge in [0.2, 0.25) is 0 Å². The molecule has 0 aliphatic carbocycles. The zero-order chi connectivity index (χ0) is 14.1. The highest BCUT2D eigenvalue weighted by Crippen LogP contribution is 2.21. The van der Waals surface area contributed by atoms with Crippen molar-refractivity contribution in [2.45, 2.75) is 52.0 Å². The molecule has 0 amide bonds. The third-order valence-electron chi connectivity index (χ3n) is 3.83. The SMILES string of the molecule is CCCNC(CCCS(=O)(=O)CC)C1CCCOC1. The molecular formula is C14H29NO3S. The predicted octanol–water partition coefficient (Wildman–Crippen LogP) is 2.00. The van der Waals surface area contributed by atoms with Crippen LogP contribution in [0, 0.1) is 5.92 Å². The maximum atomic E-state index is 11.5. The Morgan fingerprint density at radius 3 is 2.74 bits per heavy atom. The second kappa shape index (κ2) is 8.93. The van der Waals surface area contributed by atoms with Crippen molar-refractivity contribution in [3.63, 3.8) is 0 Å². The van der Waals surface area contributed by atoms with Crippen LogP contribution in [0.25, 0.3) is 0 Å². The quantitative estimate of drug-likeness (QED) is 0.706. The fourth-order valence-corrected chi connectivity index (χ4v) is 3.48. The van der Waals surface area contributed by atoms with Gasteiger partial charge < -0.3 is 10.1 Å². The van der Waals surface area contributed by atoms with Crippen molar-refractivity contribution in [1.29, 1.82) is 0 Å². The molecule has 0 aromatic rings. The standard InChI is InChI=1S/C14H29NO3S/c1-3-9-15-14(13-7-5-10-18-12-13)8-6-11-19(16,17)4-2/h13-15H,3-12H2,1-2H3. The Morgan fingerprint density at radius 2 is 2.16 bits per heavy atom. The molecule has 0 bridgehead atoms. The first-order valence-corrected chi connectivity index (χ1v) is 9.42. The third-order valence-corrected chi connectivity index (χ3v) is 5.62. The lowest BCUT2D eigenvalue weighted by Gasteiger charge is -2.31. The first-order chi connectivity index (χ1) is 9.09. The highest BCUT2D eigenvalue weighted by atomic mass is 32.2. The highest BCUT2D eigenvalue weighted by Gasteiger charge is 2.23. The van der Waals surface area contributed by atoms with Crippen molar-refractivity contribution >= 4 is 9.84 Å². The smallest absolute Gasteiger partial charge is 0.150 e. The molecule has 1 rings (SSSR count). The molecule has 0 spiro atoms. The molecule has 0 aromatic heterocycles. The van der Waals surface area contributed by atoms with Crippen molar-refractivity contribution < 1.29 is 13.2 Å². The van der Waals surface area contributed by atoms with Crippen LogP contribution < -0.4 is 5.32 Å². The van der Waals surface area contributed by atoms with Gasteiger partial charge in [0.25, 0.3) is 0 Å². The van der Waals surface area contributed by atoms with E-state index in [1.807, 2.05) is 0 Å². The molecule has 0 aromatic carbocycles. The highest BCUT2D eigenvalue weighted by molar-refractivity contribution is 7.91. The molecule has 1 fully saturated rings. The molecule has 0 saturated carbocycles. The van der Waals surface area contributed by atoms with Gasteiger partial charge in [-0.1, -0.05) is 13.8 Å². The second-order valence-corrected chi connectivity index (χ2v) is 7.89. The van der Waals surface area contributed by atoms with E-state index in [1.54, 1.807) is 6.92 Å². The minimum absolute atomic E-state index is 0.257. The summed E-state index contributed by atoms with van der Waals surface area (Å²) >= 11 is 0. The van der Waals surface area contributed by atoms with Crippen LogP contribution in [-0.4, -0.2) is 45.7 Å². The number of hydrogen-bond acceptors (Lipinski definition) is 4. The van der Waals surface area contributed by atoms with E-state index >= 15 is 0 Å². The van der Waals surface area contributed by atoms with Crippen LogP contribution in [0.15, 0.2) is 0 Å². The summed E-state index contributed by atoms with van der Waals surface area (Å²) in [6.45, 7) is 6.57. The van der Waals surface area contributed by atoms with Crippen LogP contribution in [0.2, 0.25) is 0 Å². The third kappa shape index (κ3) is 6.72. The lowest BCUT2D eigenvalue weighted by atomic mass is 9.90. The molecule has 114 valence electrons. The van der Waals surface area contributed by atoms with Crippen LogP contribution in [0.1, 0.15) is 46.0 Å². The van der Waals surface area contributed by atoms with E-state index in [0.717, 1.165) is 45.4 Å². The fraction of sp³-hybridized carbons (Fsp3) is 1.00. The second-order valence-electron chi connectivity index (χ2n) is 5.42. The Hall–Kier alpha value is -0.130. The van der Waals surface area contributed by atoms with E-state index in [9.17, 15) is 8.42 Å². The molecule has 19 heavy (non-hydrogen) atoms. The minimum Gasteiger partial charge on any atom is -0.381 e. The summed E-state index contributed by atoms with van der Waals surface area (Å²) in [7, 11) is -2.83. The molecule has 5 heteroatoms. The summed E-state index contributed by atoms with van der Waals surface area (Å²) in [6, 6.07) is 0.410. The number of sulfone groups is 1. The van der Waals surface area contributed by atoms with E-state index in [0.29, 0.717) is 17.7 Å². The Kier molecular flexibility index (Phi) is 7.95. The monoisotopic (exact) mass is 291 g/mol. The lowest BCUT2D eigenvalue weighted by molar-refractivity contribution is 0.0379. The molecule has 2 atom stereocenters. The zero-order valence-electron chi connectivity index (χ0n) is 12.4. The average molecular weight is 291 g/mol. The van der Waals surface area contributed by atoms with Gasteiger partial charge >= 0.3 is 0 Å². The fourth-order valence-electron chi connectivity index (χ4n) is 2.58. The van der Waals surface area contributed by atoms with Gasteiger partial charge in [0.1, 0.15) is 9.84 Å². The van der Waals surface area contributed by atoms with Crippen LogP contribution in [-0.2, 0) is 14.6 Å². The Morgan fingerprint density at radius 1 is 1.37 bits per heavy atom. The number of rotatable bonds is 9. The summed E-state index contributed by atoms with van der Waals surface area (Å²) in [6.07, 6.45) is 5.13. The van der Waals surface area contributed by atoms with Crippen molar-refractivity contribution in [2.24, 2.45) is 5.92 Å². The van der Waals surface area contributed by atoms with Gasteiger partial charge in [-0.05, 0) is 44.6 Å². The molecule has 1 aliphatic rings. The summed E-state index contributed by atoms with van der Waals surface area (Å²) in [5.41, 5.74) is 0. The Labute approximate surface area is 118 Å². The predicted molar refractivity (Wildman–Crippen MR) is 79.2 cm³/mol. The molecule has 1 heterocycles. The zero-order valence-corrected chi connectivity index (χ0v) is 13.2. The molecule has 1 aliphatic heterocycles. The first-order valence-electron chi connectivity index (χ1n) is 7.60. The van der Waals surface area contributed by atoms with E-state index < -0.39 is 9.84 Å². The van der Waals surface area contributed by atoms with Gasteiger partial charge in [-0.3, -0.25) is 0 Å². The van der Waals surface area contributed by atoms with Crippen molar-refractivity contribution in [3.05, 3.63) is 0 Å². The van der Waals surface area contributed by atoms with Crippen LogP contribution in [0.4, 0.5) is 0 Å². The van der Waals surface area contributed by atoms with Crippen LogP contribution in [0.3, 0.4) is 0 Å². The van der Waals surface area contributed by atoms with Gasteiger partial charge in [-0.15, -0.1) is 0 Å². The average Bonchev–Trinajstić information content (AvgIpc) is 2.43. The Bertz CT molecular complexity index is 324. The van der Waals surface area contributed by atoms with E-state index in [-0.39, 0.29) is 5.75 Å². The molecule has 1 N–H and O–H groups in total. The maximum absolute atomic E-state index is 11.5. The normalized spacial score (nSPS) is 22.3. The molecule has 2 unspecified atom stereocenters. The first kappa shape index (κ1) is 16.9. The van der Waals surface area contributed by atoms with Crippen molar-refractivity contribution in [3.8, 4) is 0 Å². The summed E-state index contributed by atoms with van der Waals surface area (Å²) < 4.78 is 28.6. The largest absolute Gasteiger partial charge is 0.381 e. The minimum atomic E-state index is -2.83. The van der Waals surface area contributed by atoms with E-state index in [2.05, 4.69) is 12.2 Å². The van der Waals surface area contributed by atoms with Gasteiger partial charge in [0.05, 0.1) is 12.4 Å².